The van der Waals surface area contributed by atoms with Gasteiger partial charge in [-0.3, -0.25) is 14.6 Å². The summed E-state index contributed by atoms with van der Waals surface area (Å²) >= 11 is 0. The second kappa shape index (κ2) is 9.51. The number of nitrogens with zero attached hydrogens (tertiary/aromatic N) is 2. The van der Waals surface area contributed by atoms with Crippen molar-refractivity contribution in [3.8, 4) is 0 Å². The average Bonchev–Trinajstić information content (AvgIpc) is 3.21. The van der Waals surface area contributed by atoms with E-state index < -0.39 is 0 Å². The summed E-state index contributed by atoms with van der Waals surface area (Å²) in [5.74, 6) is 2.60. The number of oxime groups is 1. The van der Waals surface area contributed by atoms with E-state index in [0.717, 1.165) is 43.0 Å². The Labute approximate surface area is 209 Å². The van der Waals surface area contributed by atoms with Crippen molar-refractivity contribution < 1.29 is 14.4 Å². The molecule has 1 amide bonds. The van der Waals surface area contributed by atoms with Crippen molar-refractivity contribution in [2.75, 3.05) is 6.61 Å². The third-order valence-corrected chi connectivity index (χ3v) is 10.0. The summed E-state index contributed by atoms with van der Waals surface area (Å²) in [5, 5.41) is 7.14. The van der Waals surface area contributed by atoms with Gasteiger partial charge in [0.25, 0.3) is 5.91 Å². The molecule has 1 heterocycles. The van der Waals surface area contributed by atoms with E-state index in [9.17, 15) is 9.59 Å². The maximum absolute atomic E-state index is 12.4. The first-order valence-corrected chi connectivity index (χ1v) is 13.4. The highest BCUT2D eigenvalue weighted by atomic mass is 16.6. The molecule has 1 aromatic heterocycles. The van der Waals surface area contributed by atoms with Crippen molar-refractivity contribution in [3.63, 3.8) is 0 Å². The number of amides is 1. The lowest BCUT2D eigenvalue weighted by molar-refractivity contribution is -0.128. The second-order valence-electron chi connectivity index (χ2n) is 11.7. The van der Waals surface area contributed by atoms with Crippen molar-refractivity contribution >= 4 is 17.4 Å². The van der Waals surface area contributed by atoms with Crippen LogP contribution in [0.15, 0.2) is 41.2 Å². The Morgan fingerprint density at radius 3 is 2.74 bits per heavy atom. The molecule has 0 aliphatic heterocycles. The molecule has 0 bridgehead atoms. The molecule has 35 heavy (non-hydrogen) atoms. The first-order chi connectivity index (χ1) is 16.8. The minimum Gasteiger partial charge on any atom is -0.385 e. The molecule has 6 heteroatoms. The minimum absolute atomic E-state index is 0.0843. The van der Waals surface area contributed by atoms with Crippen molar-refractivity contribution in [1.29, 1.82) is 0 Å². The van der Waals surface area contributed by atoms with E-state index in [0.29, 0.717) is 24.2 Å². The van der Waals surface area contributed by atoms with Gasteiger partial charge in [0.05, 0.1) is 18.0 Å². The largest absolute Gasteiger partial charge is 0.385 e. The summed E-state index contributed by atoms with van der Waals surface area (Å²) in [6.07, 6.45) is 13.0. The predicted molar refractivity (Wildman–Crippen MR) is 135 cm³/mol. The fraction of sp³-hybridized carbons (Fsp3) is 0.655. The van der Waals surface area contributed by atoms with Gasteiger partial charge in [-0.2, -0.15) is 0 Å². The average molecular weight is 478 g/mol. The molecule has 6 atom stereocenters. The maximum Gasteiger partial charge on any atom is 0.261 e. The number of rotatable bonds is 6. The molecular formula is C29H39N3O3. The zero-order valence-electron chi connectivity index (χ0n) is 21.4. The molecule has 0 saturated heterocycles. The molecule has 3 fully saturated rings. The third kappa shape index (κ3) is 4.45. The predicted octanol–water partition coefficient (Wildman–Crippen LogP) is 5.24. The lowest BCUT2D eigenvalue weighted by Crippen LogP contribution is -2.51. The molecule has 188 valence electrons. The molecule has 4 unspecified atom stereocenters. The van der Waals surface area contributed by atoms with E-state index >= 15 is 0 Å². The number of ketones is 1. The summed E-state index contributed by atoms with van der Waals surface area (Å²) in [4.78, 5) is 34.1. The van der Waals surface area contributed by atoms with Gasteiger partial charge in [0.1, 0.15) is 5.78 Å². The Morgan fingerprint density at radius 1 is 1.11 bits per heavy atom. The van der Waals surface area contributed by atoms with Crippen LogP contribution in [-0.4, -0.2) is 29.0 Å². The fourth-order valence-corrected chi connectivity index (χ4v) is 8.23. The van der Waals surface area contributed by atoms with E-state index in [1.54, 1.807) is 6.20 Å². The number of carbonyl (C=O) groups is 2. The van der Waals surface area contributed by atoms with Crippen LogP contribution in [0.2, 0.25) is 0 Å². The van der Waals surface area contributed by atoms with E-state index in [-0.39, 0.29) is 29.3 Å². The third-order valence-electron chi connectivity index (χ3n) is 10.0. The van der Waals surface area contributed by atoms with E-state index in [1.807, 2.05) is 25.1 Å². The Kier molecular flexibility index (Phi) is 6.58. The van der Waals surface area contributed by atoms with Gasteiger partial charge in [-0.25, -0.2) is 0 Å². The summed E-state index contributed by atoms with van der Waals surface area (Å²) in [5.41, 5.74) is 3.70. The van der Waals surface area contributed by atoms with E-state index in [1.165, 1.54) is 31.3 Å². The van der Waals surface area contributed by atoms with E-state index in [2.05, 4.69) is 35.4 Å². The van der Waals surface area contributed by atoms with Crippen LogP contribution in [0.25, 0.3) is 0 Å². The zero-order chi connectivity index (χ0) is 24.6. The molecule has 6 nitrogen and oxygen atoms in total. The molecule has 4 aliphatic rings. The normalized spacial score (nSPS) is 37.0. The van der Waals surface area contributed by atoms with Gasteiger partial charge in [-0.05, 0) is 105 Å². The molecule has 1 aromatic rings. The molecule has 0 radical (unpaired) electrons. The quantitative estimate of drug-likeness (QED) is 0.568. The van der Waals surface area contributed by atoms with Crippen LogP contribution in [-0.2, 0) is 21.0 Å². The first-order valence-electron chi connectivity index (χ1n) is 13.4. The highest BCUT2D eigenvalue weighted by molar-refractivity contribution is 5.96. The number of allylic oxidation sites excluding steroid dienone is 2. The lowest BCUT2D eigenvalue weighted by Gasteiger charge is -2.58. The maximum atomic E-state index is 12.4. The smallest absolute Gasteiger partial charge is 0.261 e. The topological polar surface area (TPSA) is 80.6 Å². The van der Waals surface area contributed by atoms with E-state index in [4.69, 9.17) is 4.84 Å². The van der Waals surface area contributed by atoms with Crippen molar-refractivity contribution in [1.82, 2.24) is 10.3 Å². The lowest BCUT2D eigenvalue weighted by atomic mass is 9.46. The Hall–Kier alpha value is -2.50. The number of nitrogens with one attached hydrogen (secondary N) is 1. The first kappa shape index (κ1) is 24.2. The van der Waals surface area contributed by atoms with Crippen LogP contribution in [0.5, 0.6) is 0 Å². The SMILES string of the molecule is CC(=O)C1CCC2C3CCC4=CC(=NOCC(=O)NCc5ccccn5)CC[C@]4(C)C3CC[C@]12C. The van der Waals surface area contributed by atoms with Crippen LogP contribution in [0.4, 0.5) is 0 Å². The Bertz CT molecular complexity index is 1030. The minimum atomic E-state index is -0.195. The van der Waals surface area contributed by atoms with Gasteiger partial charge in [0.2, 0.25) is 0 Å². The molecular weight excluding hydrogens is 438 g/mol. The Balaban J connectivity index is 1.20. The van der Waals surface area contributed by atoms with Crippen LogP contribution < -0.4 is 5.32 Å². The summed E-state index contributed by atoms with van der Waals surface area (Å²) < 4.78 is 0. The van der Waals surface area contributed by atoms with Gasteiger partial charge in [0.15, 0.2) is 6.61 Å². The molecule has 0 spiro atoms. The van der Waals surface area contributed by atoms with Crippen LogP contribution in [0, 0.1) is 34.5 Å². The molecule has 0 aromatic carbocycles. The number of fused-ring (bicyclic) bond motifs is 5. The van der Waals surface area contributed by atoms with Crippen molar-refractivity contribution in [2.24, 2.45) is 39.7 Å². The summed E-state index contributed by atoms with van der Waals surface area (Å²) in [6, 6.07) is 5.63. The van der Waals surface area contributed by atoms with Gasteiger partial charge in [-0.15, -0.1) is 0 Å². The monoisotopic (exact) mass is 477 g/mol. The number of carbonyl (C=O) groups excluding carboxylic acids is 2. The number of hydrogen-bond acceptors (Lipinski definition) is 5. The van der Waals surface area contributed by atoms with Crippen molar-refractivity contribution in [2.45, 2.75) is 78.7 Å². The number of pyridine rings is 1. The van der Waals surface area contributed by atoms with Crippen LogP contribution in [0.3, 0.4) is 0 Å². The van der Waals surface area contributed by atoms with Crippen LogP contribution in [0.1, 0.15) is 77.8 Å². The highest BCUT2D eigenvalue weighted by Gasteiger charge is 2.59. The Morgan fingerprint density at radius 2 is 1.97 bits per heavy atom. The highest BCUT2D eigenvalue weighted by Crippen LogP contribution is 2.66. The second-order valence-corrected chi connectivity index (χ2v) is 11.7. The van der Waals surface area contributed by atoms with Crippen LogP contribution >= 0.6 is 0 Å². The standard InChI is InChI=1S/C29H39N3O3/c1-19(33)24-9-10-25-23-8-7-20-16-21(11-13-28(20,2)26(23)12-14-29(24,25)3)32-35-18-27(34)31-17-22-6-4-5-15-30-22/h4-6,15-16,23-26H,7-14,17-18H2,1-3H3,(H,31,34)/t23?,24?,25?,26?,28-,29+/m0/s1. The van der Waals surface area contributed by atoms with Crippen molar-refractivity contribution in [3.05, 3.63) is 41.7 Å². The number of hydrogen-bond donors (Lipinski definition) is 1. The molecule has 4 aliphatic carbocycles. The fourth-order valence-electron chi connectivity index (χ4n) is 8.23. The van der Waals surface area contributed by atoms with Gasteiger partial charge < -0.3 is 10.2 Å². The van der Waals surface area contributed by atoms with Gasteiger partial charge in [0, 0.05) is 12.1 Å². The molecule has 3 saturated carbocycles. The summed E-state index contributed by atoms with van der Waals surface area (Å²) in [7, 11) is 0. The number of Topliss-reactive ketones (excluding diaryl/α,β-unsaturated/α-hetero) is 1. The zero-order valence-corrected chi connectivity index (χ0v) is 21.4. The molecule has 1 N–H and O–H groups in total. The molecule has 5 rings (SSSR count). The number of aromatic nitrogens is 1. The van der Waals surface area contributed by atoms with Gasteiger partial charge in [-0.1, -0.05) is 30.6 Å². The summed E-state index contributed by atoms with van der Waals surface area (Å²) in [6.45, 7) is 6.99. The van der Waals surface area contributed by atoms with Gasteiger partial charge >= 0.3 is 0 Å².